The number of fused-ring (bicyclic) bond motifs is 1. The number of methoxy groups -OCH3 is 2. The summed E-state index contributed by atoms with van der Waals surface area (Å²) in [5.74, 6) is 0.704. The van der Waals surface area contributed by atoms with Gasteiger partial charge in [-0.2, -0.15) is 11.8 Å². The van der Waals surface area contributed by atoms with Crippen molar-refractivity contribution in [2.45, 2.75) is 49.4 Å². The van der Waals surface area contributed by atoms with Crippen molar-refractivity contribution in [1.29, 1.82) is 0 Å². The van der Waals surface area contributed by atoms with E-state index in [0.29, 0.717) is 28.5 Å². The fourth-order valence-electron chi connectivity index (χ4n) is 4.77. The van der Waals surface area contributed by atoms with Crippen molar-refractivity contribution in [3.63, 3.8) is 0 Å². The number of allylic oxidation sites excluding steroid dienone is 2. The van der Waals surface area contributed by atoms with Crippen molar-refractivity contribution in [1.82, 2.24) is 10.6 Å². The molecule has 2 fully saturated rings. The maximum Gasteiger partial charge on any atom is 0.315 e. The van der Waals surface area contributed by atoms with Gasteiger partial charge < -0.3 is 30.0 Å². The zero-order valence-electron chi connectivity index (χ0n) is 23.5. The highest BCUT2D eigenvalue weighted by Gasteiger charge is 2.42. The van der Waals surface area contributed by atoms with Gasteiger partial charge in [-0.15, -0.1) is 0 Å². The summed E-state index contributed by atoms with van der Waals surface area (Å²) in [5.41, 5.74) is 1.29. The van der Waals surface area contributed by atoms with Crippen LogP contribution in [0, 0.1) is 0 Å². The Kier molecular flexibility index (Phi) is 10.7. The molecule has 2 aliphatic rings. The van der Waals surface area contributed by atoms with E-state index < -0.39 is 0 Å². The molecule has 0 spiro atoms. The lowest BCUT2D eigenvalue weighted by atomic mass is 10.0. The van der Waals surface area contributed by atoms with Crippen LogP contribution in [0.1, 0.15) is 43.2 Å². The zero-order chi connectivity index (χ0) is 30.1. The normalized spacial score (nSPS) is 19.4. The van der Waals surface area contributed by atoms with Gasteiger partial charge in [-0.3, -0.25) is 14.4 Å². The van der Waals surface area contributed by atoms with Crippen LogP contribution in [0.2, 0.25) is 0 Å². The Morgan fingerprint density at radius 2 is 1.60 bits per heavy atom. The number of phenols is 1. The first kappa shape index (κ1) is 30.7. The quantitative estimate of drug-likeness (QED) is 0.0729. The minimum Gasteiger partial charge on any atom is -0.504 e. The van der Waals surface area contributed by atoms with Gasteiger partial charge in [-0.25, -0.2) is 4.79 Å². The monoisotopic (exact) mass is 594 g/mol. The standard InChI is InChI=1S/C31H34N2O8S/c1-39-26-15-19(9-13-24(26)36)7-11-21(34)17-22(35)12-8-20-10-14-25(27(16-20)40-2)41-29(37)6-4-3-5-28-30-23(18-42-28)32-31(38)33-30/h7-16,23,28,30,36H,3-6,17-18H2,1-2H3,(H2,32,33,38)/b11-7+,12-8+/t23-,28-,30-/m0/s1. The molecule has 3 N–H and O–H groups in total. The second-order valence-corrected chi connectivity index (χ2v) is 11.2. The number of hydrogen-bond acceptors (Lipinski definition) is 9. The Hall–Kier alpha value is -4.25. The molecule has 2 aromatic rings. The molecule has 2 saturated heterocycles. The van der Waals surface area contributed by atoms with E-state index in [1.54, 1.807) is 42.5 Å². The van der Waals surface area contributed by atoms with E-state index in [2.05, 4.69) is 10.6 Å². The second kappa shape index (κ2) is 14.6. The van der Waals surface area contributed by atoms with E-state index in [9.17, 15) is 24.3 Å². The summed E-state index contributed by atoms with van der Waals surface area (Å²) in [4.78, 5) is 48.5. The number of carbonyl (C=O) groups is 4. The number of esters is 1. The summed E-state index contributed by atoms with van der Waals surface area (Å²) >= 11 is 1.85. The number of carbonyl (C=O) groups excluding carboxylic acids is 4. The first-order valence-corrected chi connectivity index (χ1v) is 14.7. The highest BCUT2D eigenvalue weighted by molar-refractivity contribution is 8.00. The van der Waals surface area contributed by atoms with Crippen LogP contribution in [0.25, 0.3) is 12.2 Å². The number of aromatic hydroxyl groups is 1. The molecule has 2 amide bonds. The third-order valence-corrected chi connectivity index (χ3v) is 8.45. The van der Waals surface area contributed by atoms with Crippen LogP contribution < -0.4 is 24.8 Å². The molecular formula is C31H34N2O8S. The van der Waals surface area contributed by atoms with Crippen LogP contribution in [-0.2, 0) is 14.4 Å². The van der Waals surface area contributed by atoms with Crippen molar-refractivity contribution < 1.29 is 38.5 Å². The number of ketones is 2. The SMILES string of the molecule is COc1cc(/C=C/C(=O)CC(=O)/C=C/c2ccc(OC(=O)CCCC[C@@H]3SC[C@@H]4NC(=O)N[C@@H]43)c(OC)c2)ccc1O. The van der Waals surface area contributed by atoms with Crippen molar-refractivity contribution >= 4 is 47.5 Å². The molecule has 2 aliphatic heterocycles. The largest absolute Gasteiger partial charge is 0.504 e. The minimum atomic E-state index is -0.375. The Bertz CT molecular complexity index is 1390. The predicted octanol–water partition coefficient (Wildman–Crippen LogP) is 4.30. The summed E-state index contributed by atoms with van der Waals surface area (Å²) in [7, 11) is 2.89. The van der Waals surface area contributed by atoms with Gasteiger partial charge in [0.1, 0.15) is 0 Å². The lowest BCUT2D eigenvalue weighted by Gasteiger charge is -2.16. The van der Waals surface area contributed by atoms with E-state index in [4.69, 9.17) is 14.2 Å². The number of amides is 2. The van der Waals surface area contributed by atoms with E-state index >= 15 is 0 Å². The van der Waals surface area contributed by atoms with Gasteiger partial charge in [0.2, 0.25) is 0 Å². The van der Waals surface area contributed by atoms with Gasteiger partial charge in [0, 0.05) is 17.4 Å². The maximum atomic E-state index is 12.4. The van der Waals surface area contributed by atoms with Crippen LogP contribution in [0.4, 0.5) is 4.79 Å². The summed E-state index contributed by atoms with van der Waals surface area (Å²) < 4.78 is 15.9. The molecule has 2 aromatic carbocycles. The number of ether oxygens (including phenoxy) is 3. The number of rotatable bonds is 14. The van der Waals surface area contributed by atoms with Gasteiger partial charge in [-0.05, 0) is 60.4 Å². The van der Waals surface area contributed by atoms with Crippen LogP contribution in [-0.4, -0.2) is 66.0 Å². The molecule has 10 nitrogen and oxygen atoms in total. The number of phenolic OH excluding ortho intramolecular Hbond substituents is 1. The van der Waals surface area contributed by atoms with Crippen molar-refractivity contribution in [3.05, 3.63) is 59.7 Å². The number of benzene rings is 2. The Balaban J connectivity index is 1.21. The molecule has 0 unspecified atom stereocenters. The van der Waals surface area contributed by atoms with E-state index in [1.165, 1.54) is 32.4 Å². The molecule has 0 saturated carbocycles. The Morgan fingerprint density at radius 1 is 0.929 bits per heavy atom. The molecule has 4 rings (SSSR count). The smallest absolute Gasteiger partial charge is 0.315 e. The predicted molar refractivity (Wildman–Crippen MR) is 160 cm³/mol. The number of nitrogens with one attached hydrogen (secondary N) is 2. The van der Waals surface area contributed by atoms with Crippen LogP contribution in [0.5, 0.6) is 23.0 Å². The van der Waals surface area contributed by atoms with Gasteiger partial charge >= 0.3 is 12.0 Å². The highest BCUT2D eigenvalue weighted by Crippen LogP contribution is 2.33. The van der Waals surface area contributed by atoms with Gasteiger partial charge in [0.25, 0.3) is 0 Å². The van der Waals surface area contributed by atoms with Crippen molar-refractivity contribution in [3.8, 4) is 23.0 Å². The average molecular weight is 595 g/mol. The van der Waals surface area contributed by atoms with Crippen molar-refractivity contribution in [2.24, 2.45) is 0 Å². The van der Waals surface area contributed by atoms with Crippen LogP contribution >= 0.6 is 11.8 Å². The van der Waals surface area contributed by atoms with E-state index in [0.717, 1.165) is 18.6 Å². The number of unbranched alkanes of at least 4 members (excludes halogenated alkanes) is 1. The number of hydrogen-bond donors (Lipinski definition) is 3. The fraction of sp³-hybridized carbons (Fsp3) is 0.355. The molecule has 42 heavy (non-hydrogen) atoms. The minimum absolute atomic E-state index is 0.00710. The molecule has 11 heteroatoms. The van der Waals surface area contributed by atoms with E-state index in [1.807, 2.05) is 11.8 Å². The topological polar surface area (TPSA) is 140 Å². The first-order valence-electron chi connectivity index (χ1n) is 13.6. The number of urea groups is 1. The molecule has 0 radical (unpaired) electrons. The van der Waals surface area contributed by atoms with E-state index in [-0.39, 0.29) is 65.7 Å². The molecule has 0 aliphatic carbocycles. The molecular weight excluding hydrogens is 560 g/mol. The summed E-state index contributed by atoms with van der Waals surface area (Å²) in [6.07, 6.45) is 8.13. The Morgan fingerprint density at radius 3 is 2.29 bits per heavy atom. The second-order valence-electron chi connectivity index (χ2n) is 9.96. The molecule has 0 bridgehead atoms. The average Bonchev–Trinajstić information content (AvgIpc) is 3.53. The highest BCUT2D eigenvalue weighted by atomic mass is 32.2. The summed E-state index contributed by atoms with van der Waals surface area (Å²) in [6, 6.07) is 9.83. The van der Waals surface area contributed by atoms with Crippen molar-refractivity contribution in [2.75, 3.05) is 20.0 Å². The van der Waals surface area contributed by atoms with Crippen LogP contribution in [0.15, 0.2) is 48.6 Å². The van der Waals surface area contributed by atoms with Gasteiger partial charge in [0.05, 0.1) is 32.7 Å². The lowest BCUT2D eigenvalue weighted by molar-refractivity contribution is -0.134. The summed E-state index contributed by atoms with van der Waals surface area (Å²) in [5, 5.41) is 15.9. The lowest BCUT2D eigenvalue weighted by Crippen LogP contribution is -2.36. The molecule has 3 atom stereocenters. The fourth-order valence-corrected chi connectivity index (χ4v) is 6.31. The summed E-state index contributed by atoms with van der Waals surface area (Å²) in [6.45, 7) is 0. The third kappa shape index (κ3) is 8.39. The molecule has 0 aromatic heterocycles. The molecule has 2 heterocycles. The Labute approximate surface area is 248 Å². The van der Waals surface area contributed by atoms with Gasteiger partial charge in [0.15, 0.2) is 34.6 Å². The first-order chi connectivity index (χ1) is 20.2. The maximum absolute atomic E-state index is 12.4. The zero-order valence-corrected chi connectivity index (χ0v) is 24.3. The van der Waals surface area contributed by atoms with Crippen LogP contribution in [0.3, 0.4) is 0 Å². The van der Waals surface area contributed by atoms with Gasteiger partial charge in [-0.1, -0.05) is 30.7 Å². The number of thioether (sulfide) groups is 1. The molecule has 222 valence electrons. The third-order valence-electron chi connectivity index (χ3n) is 6.94.